The topological polar surface area (TPSA) is 63.3 Å². The molecule has 0 aliphatic heterocycles. The SMILES string of the molecule is CCN(CC)C(=O)CNC(c1ccco1)c1nccn1C. The van der Waals surface area contributed by atoms with Crippen LogP contribution in [0.1, 0.15) is 31.5 Å². The van der Waals surface area contributed by atoms with Crippen molar-refractivity contribution in [1.82, 2.24) is 19.8 Å². The molecule has 2 aromatic rings. The van der Waals surface area contributed by atoms with Gasteiger partial charge < -0.3 is 13.9 Å². The number of hydrogen-bond acceptors (Lipinski definition) is 4. The molecule has 21 heavy (non-hydrogen) atoms. The molecular formula is C15H22N4O2. The van der Waals surface area contributed by atoms with Gasteiger partial charge in [0.2, 0.25) is 5.91 Å². The Bertz CT molecular complexity index is 558. The maximum atomic E-state index is 12.1. The first kappa shape index (κ1) is 15.3. The average Bonchev–Trinajstić information content (AvgIpc) is 3.13. The van der Waals surface area contributed by atoms with Crippen molar-refractivity contribution in [3.05, 3.63) is 42.4 Å². The summed E-state index contributed by atoms with van der Waals surface area (Å²) < 4.78 is 7.40. The van der Waals surface area contributed by atoms with E-state index in [-0.39, 0.29) is 18.5 Å². The third-order valence-electron chi connectivity index (χ3n) is 3.52. The Morgan fingerprint density at radius 2 is 2.24 bits per heavy atom. The highest BCUT2D eigenvalue weighted by Gasteiger charge is 2.22. The zero-order valence-electron chi connectivity index (χ0n) is 12.7. The molecule has 0 aliphatic rings. The van der Waals surface area contributed by atoms with Gasteiger partial charge in [0.05, 0.1) is 12.8 Å². The second kappa shape index (κ2) is 7.08. The van der Waals surface area contributed by atoms with Gasteiger partial charge in [-0.1, -0.05) is 0 Å². The molecule has 0 aromatic carbocycles. The Morgan fingerprint density at radius 3 is 2.76 bits per heavy atom. The minimum atomic E-state index is -0.237. The molecule has 2 rings (SSSR count). The van der Waals surface area contributed by atoms with E-state index in [0.29, 0.717) is 13.1 Å². The number of nitrogens with zero attached hydrogens (tertiary/aromatic N) is 3. The van der Waals surface area contributed by atoms with E-state index in [1.54, 1.807) is 17.4 Å². The van der Waals surface area contributed by atoms with Gasteiger partial charge in [-0.2, -0.15) is 0 Å². The second-order valence-corrected chi connectivity index (χ2v) is 4.79. The van der Waals surface area contributed by atoms with Crippen molar-refractivity contribution in [2.24, 2.45) is 7.05 Å². The number of nitrogens with one attached hydrogen (secondary N) is 1. The minimum absolute atomic E-state index is 0.0748. The molecular weight excluding hydrogens is 268 g/mol. The maximum absolute atomic E-state index is 12.1. The lowest BCUT2D eigenvalue weighted by atomic mass is 10.2. The van der Waals surface area contributed by atoms with Crippen LogP contribution in [0.5, 0.6) is 0 Å². The number of likely N-dealkylation sites (N-methyl/N-ethyl adjacent to an activating group) is 1. The van der Waals surface area contributed by atoms with Crippen LogP contribution in [0.15, 0.2) is 35.2 Å². The summed E-state index contributed by atoms with van der Waals surface area (Å²) in [6, 6.07) is 3.48. The van der Waals surface area contributed by atoms with Gasteiger partial charge in [0.25, 0.3) is 0 Å². The zero-order chi connectivity index (χ0) is 15.2. The number of rotatable bonds is 7. The molecule has 6 heteroatoms. The lowest BCUT2D eigenvalue weighted by molar-refractivity contribution is -0.129. The van der Waals surface area contributed by atoms with Crippen LogP contribution in [-0.4, -0.2) is 40.0 Å². The van der Waals surface area contributed by atoms with Crippen LogP contribution in [0, 0.1) is 0 Å². The monoisotopic (exact) mass is 290 g/mol. The van der Waals surface area contributed by atoms with Crippen molar-refractivity contribution in [2.45, 2.75) is 19.9 Å². The molecule has 0 saturated heterocycles. The van der Waals surface area contributed by atoms with E-state index >= 15 is 0 Å². The fourth-order valence-corrected chi connectivity index (χ4v) is 2.31. The maximum Gasteiger partial charge on any atom is 0.236 e. The number of aryl methyl sites for hydroxylation is 1. The van der Waals surface area contributed by atoms with E-state index in [9.17, 15) is 4.79 Å². The molecule has 0 aliphatic carbocycles. The van der Waals surface area contributed by atoms with Gasteiger partial charge in [-0.25, -0.2) is 4.98 Å². The molecule has 1 unspecified atom stereocenters. The highest BCUT2D eigenvalue weighted by molar-refractivity contribution is 5.78. The fraction of sp³-hybridized carbons (Fsp3) is 0.467. The Kier molecular flexibility index (Phi) is 5.16. The summed E-state index contributed by atoms with van der Waals surface area (Å²) in [7, 11) is 1.92. The third kappa shape index (κ3) is 3.52. The molecule has 1 amide bonds. The van der Waals surface area contributed by atoms with E-state index in [4.69, 9.17) is 4.42 Å². The first-order chi connectivity index (χ1) is 10.2. The van der Waals surface area contributed by atoms with Crippen LogP contribution in [0.4, 0.5) is 0 Å². The number of furan rings is 1. The number of imidazole rings is 1. The van der Waals surface area contributed by atoms with Crippen LogP contribution >= 0.6 is 0 Å². The molecule has 114 valence electrons. The van der Waals surface area contributed by atoms with Crippen LogP contribution < -0.4 is 5.32 Å². The minimum Gasteiger partial charge on any atom is -0.467 e. The Labute approximate surface area is 124 Å². The van der Waals surface area contributed by atoms with Crippen molar-refractivity contribution in [3.63, 3.8) is 0 Å². The van der Waals surface area contributed by atoms with Crippen LogP contribution in [0.3, 0.4) is 0 Å². The smallest absolute Gasteiger partial charge is 0.236 e. The van der Waals surface area contributed by atoms with Gasteiger partial charge >= 0.3 is 0 Å². The molecule has 0 saturated carbocycles. The molecule has 0 spiro atoms. The highest BCUT2D eigenvalue weighted by Crippen LogP contribution is 2.20. The number of hydrogen-bond donors (Lipinski definition) is 1. The molecule has 6 nitrogen and oxygen atoms in total. The molecule has 1 N–H and O–H groups in total. The van der Waals surface area contributed by atoms with Crippen LogP contribution in [0.2, 0.25) is 0 Å². The second-order valence-electron chi connectivity index (χ2n) is 4.79. The molecule has 0 fully saturated rings. The highest BCUT2D eigenvalue weighted by atomic mass is 16.3. The lowest BCUT2D eigenvalue weighted by Gasteiger charge is -2.21. The van der Waals surface area contributed by atoms with Gasteiger partial charge in [-0.05, 0) is 26.0 Å². The predicted molar refractivity (Wildman–Crippen MR) is 79.7 cm³/mol. The summed E-state index contributed by atoms with van der Waals surface area (Å²) in [6.45, 7) is 5.63. The van der Waals surface area contributed by atoms with Crippen LogP contribution in [-0.2, 0) is 11.8 Å². The van der Waals surface area contributed by atoms with Gasteiger partial charge in [0.1, 0.15) is 17.6 Å². The Hall–Kier alpha value is -2.08. The largest absolute Gasteiger partial charge is 0.467 e. The first-order valence-corrected chi connectivity index (χ1v) is 7.19. The van der Waals surface area contributed by atoms with E-state index in [2.05, 4.69) is 10.3 Å². The van der Waals surface area contributed by atoms with Gasteiger partial charge in [-0.15, -0.1) is 0 Å². The lowest BCUT2D eigenvalue weighted by Crippen LogP contribution is -2.39. The molecule has 2 heterocycles. The van der Waals surface area contributed by atoms with Crippen molar-refractivity contribution in [3.8, 4) is 0 Å². The van der Waals surface area contributed by atoms with Gasteiger partial charge in [0.15, 0.2) is 0 Å². The van der Waals surface area contributed by atoms with Crippen molar-refractivity contribution >= 4 is 5.91 Å². The average molecular weight is 290 g/mol. The summed E-state index contributed by atoms with van der Waals surface area (Å²) >= 11 is 0. The normalized spacial score (nSPS) is 12.3. The van der Waals surface area contributed by atoms with E-state index in [1.165, 1.54) is 0 Å². The number of carbonyl (C=O) groups excluding carboxylic acids is 1. The van der Waals surface area contributed by atoms with E-state index in [0.717, 1.165) is 11.6 Å². The molecule has 1 atom stereocenters. The summed E-state index contributed by atoms with van der Waals surface area (Å²) in [4.78, 5) is 18.3. The van der Waals surface area contributed by atoms with Gasteiger partial charge in [0, 0.05) is 32.5 Å². The number of aromatic nitrogens is 2. The summed E-state index contributed by atoms with van der Waals surface area (Å²) in [6.07, 6.45) is 5.23. The molecule has 2 aromatic heterocycles. The number of amides is 1. The standard InChI is InChI=1S/C15H22N4O2/c1-4-19(5-2)13(20)11-17-14(12-7-6-10-21-12)15-16-8-9-18(15)3/h6-10,14,17H,4-5,11H2,1-3H3. The fourth-order valence-electron chi connectivity index (χ4n) is 2.31. The van der Waals surface area contributed by atoms with Crippen molar-refractivity contribution in [1.29, 1.82) is 0 Å². The summed E-state index contributed by atoms with van der Waals surface area (Å²) in [5, 5.41) is 3.25. The van der Waals surface area contributed by atoms with Gasteiger partial charge in [-0.3, -0.25) is 10.1 Å². The first-order valence-electron chi connectivity index (χ1n) is 7.19. The molecule has 0 bridgehead atoms. The number of carbonyl (C=O) groups is 1. The van der Waals surface area contributed by atoms with Crippen LogP contribution in [0.25, 0.3) is 0 Å². The predicted octanol–water partition coefficient (Wildman–Crippen LogP) is 1.56. The van der Waals surface area contributed by atoms with E-state index < -0.39 is 0 Å². The zero-order valence-corrected chi connectivity index (χ0v) is 12.7. The molecule has 0 radical (unpaired) electrons. The Morgan fingerprint density at radius 1 is 1.48 bits per heavy atom. The van der Waals surface area contributed by atoms with Crippen molar-refractivity contribution in [2.75, 3.05) is 19.6 Å². The summed E-state index contributed by atoms with van der Waals surface area (Å²) in [5.41, 5.74) is 0. The van der Waals surface area contributed by atoms with E-state index in [1.807, 2.05) is 43.8 Å². The van der Waals surface area contributed by atoms with Crippen molar-refractivity contribution < 1.29 is 9.21 Å². The third-order valence-corrected chi connectivity index (χ3v) is 3.52. The quantitative estimate of drug-likeness (QED) is 0.840. The summed E-state index contributed by atoms with van der Waals surface area (Å²) in [5.74, 6) is 1.64. The Balaban J connectivity index is 2.11.